The first-order valence-corrected chi connectivity index (χ1v) is 22.1. The lowest BCUT2D eigenvalue weighted by molar-refractivity contribution is -0.412. The Hall–Kier alpha value is -6.50. The van der Waals surface area contributed by atoms with Gasteiger partial charge in [0.2, 0.25) is 0 Å². The molecule has 0 amide bonds. The molecule has 1 aliphatic heterocycles. The van der Waals surface area contributed by atoms with E-state index in [1.807, 2.05) is 42.1 Å². The van der Waals surface area contributed by atoms with E-state index in [1.165, 1.54) is 51.3 Å². The topological polar surface area (TPSA) is 61.0 Å². The fourth-order valence-electron chi connectivity index (χ4n) is 13.3. The zero-order valence-electron chi connectivity index (χ0n) is 32.4. The van der Waals surface area contributed by atoms with Crippen molar-refractivity contribution in [1.82, 2.24) is 15.0 Å². The van der Waals surface area contributed by atoms with Gasteiger partial charge in [-0.3, -0.25) is 0 Å². The van der Waals surface area contributed by atoms with Crippen LogP contribution in [0.25, 0.3) is 78.4 Å². The van der Waals surface area contributed by atoms with Gasteiger partial charge in [0.05, 0.1) is 9.79 Å². The summed E-state index contributed by atoms with van der Waals surface area (Å²) in [5.74, 6) is 7.21. The summed E-state index contributed by atoms with van der Waals surface area (Å²) < 4.78 is 13.2. The Bertz CT molecular complexity index is 3330. The van der Waals surface area contributed by atoms with Crippen molar-refractivity contribution in [2.45, 2.75) is 34.5 Å². The van der Waals surface area contributed by atoms with Crippen LogP contribution in [0.2, 0.25) is 0 Å². The molecule has 2 aromatic heterocycles. The van der Waals surface area contributed by atoms with Gasteiger partial charge in [0, 0.05) is 38.4 Å². The smallest absolute Gasteiger partial charge is 0.164 e. The van der Waals surface area contributed by atoms with E-state index >= 15 is 0 Å². The minimum atomic E-state index is -0.0500. The van der Waals surface area contributed by atoms with Gasteiger partial charge in [-0.05, 0) is 119 Å². The molecule has 0 N–H and O–H groups in total. The molecule has 2 spiro atoms. The number of furan rings is 1. The summed E-state index contributed by atoms with van der Waals surface area (Å²) in [5.41, 5.74) is 13.0. The first-order valence-electron chi connectivity index (χ1n) is 21.3. The normalized spacial score (nSPS) is 25.3. The van der Waals surface area contributed by atoms with E-state index in [2.05, 4.69) is 121 Å². The maximum atomic E-state index is 6.99. The average Bonchev–Trinajstić information content (AvgIpc) is 3.80. The van der Waals surface area contributed by atoms with E-state index in [4.69, 9.17) is 24.1 Å². The highest BCUT2D eigenvalue weighted by atomic mass is 32.2. The van der Waals surface area contributed by atoms with Crippen molar-refractivity contribution in [1.29, 1.82) is 0 Å². The molecule has 4 fully saturated rings. The second-order valence-electron chi connectivity index (χ2n) is 17.9. The van der Waals surface area contributed by atoms with E-state index < -0.39 is 0 Å². The van der Waals surface area contributed by atoms with Crippen molar-refractivity contribution in [2.75, 3.05) is 0 Å². The summed E-state index contributed by atoms with van der Waals surface area (Å²) in [6.07, 6.45) is 4.07. The number of rotatable bonds is 4. The Balaban J connectivity index is 0.859. The molecule has 3 heterocycles. The summed E-state index contributed by atoms with van der Waals surface area (Å²) in [6, 6.07) is 53.8. The highest BCUT2D eigenvalue weighted by Gasteiger charge is 2.90. The summed E-state index contributed by atoms with van der Waals surface area (Å²) >= 11 is 1.85. The van der Waals surface area contributed by atoms with Crippen LogP contribution in [0.4, 0.5) is 0 Å². The number of aromatic nitrogens is 3. The maximum Gasteiger partial charge on any atom is 0.164 e. The average molecular weight is 790 g/mol. The minimum Gasteiger partial charge on any atom is -0.456 e. The molecule has 0 radical (unpaired) electrons. The Kier molecular flexibility index (Phi) is 6.04. The van der Waals surface area contributed by atoms with Gasteiger partial charge in [-0.1, -0.05) is 121 Å². The highest BCUT2D eigenvalue weighted by Crippen LogP contribution is 2.95. The summed E-state index contributed by atoms with van der Waals surface area (Å²) in [4.78, 5) is 18.0. The molecule has 60 heavy (non-hydrogen) atoms. The van der Waals surface area contributed by atoms with Gasteiger partial charge in [-0.2, -0.15) is 0 Å². The van der Waals surface area contributed by atoms with Crippen LogP contribution in [0.1, 0.15) is 30.4 Å². The van der Waals surface area contributed by atoms with Gasteiger partial charge in [0.25, 0.3) is 0 Å². The van der Waals surface area contributed by atoms with Gasteiger partial charge in [-0.25, -0.2) is 15.0 Å². The third-order valence-corrected chi connectivity index (χ3v) is 16.8. The molecule has 4 saturated carbocycles. The molecular weight excluding hydrogens is 755 g/mol. The summed E-state index contributed by atoms with van der Waals surface area (Å²) in [5, 5.41) is 2.27. The molecule has 9 aromatic rings. The molecule has 0 saturated heterocycles. The van der Waals surface area contributed by atoms with Crippen LogP contribution in [0, 0.1) is 29.1 Å². The Morgan fingerprint density at radius 2 is 1.15 bits per heavy atom. The Labute approximate surface area is 350 Å². The second-order valence-corrected chi connectivity index (χ2v) is 18.9. The van der Waals surface area contributed by atoms with Crippen molar-refractivity contribution in [3.63, 3.8) is 0 Å². The summed E-state index contributed by atoms with van der Waals surface area (Å²) in [6.45, 7) is 0. The number of ether oxygens (including phenoxy) is 1. The van der Waals surface area contributed by atoms with Gasteiger partial charge >= 0.3 is 0 Å². The molecular formula is C54H35N3O2S. The Morgan fingerprint density at radius 3 is 1.97 bits per heavy atom. The van der Waals surface area contributed by atoms with Gasteiger partial charge < -0.3 is 9.15 Å². The van der Waals surface area contributed by atoms with Crippen molar-refractivity contribution in [3.8, 4) is 67.9 Å². The highest BCUT2D eigenvalue weighted by molar-refractivity contribution is 7.99. The quantitative estimate of drug-likeness (QED) is 0.177. The number of para-hydroxylation sites is 2. The molecule has 5 nitrogen and oxygen atoms in total. The van der Waals surface area contributed by atoms with Crippen molar-refractivity contribution in [2.24, 2.45) is 29.1 Å². The monoisotopic (exact) mass is 789 g/mol. The minimum absolute atomic E-state index is 0.0500. The fraction of sp³-hybridized carbons (Fsp3) is 0.167. The van der Waals surface area contributed by atoms with E-state index in [-0.39, 0.29) is 5.41 Å². The number of hydrogen-bond acceptors (Lipinski definition) is 6. The van der Waals surface area contributed by atoms with Crippen LogP contribution in [-0.4, -0.2) is 15.0 Å². The second kappa shape index (κ2) is 11.2. The zero-order valence-corrected chi connectivity index (χ0v) is 33.2. The number of hydrogen-bond donors (Lipinski definition) is 0. The van der Waals surface area contributed by atoms with Crippen LogP contribution >= 0.6 is 11.8 Å². The predicted octanol–water partition coefficient (Wildman–Crippen LogP) is 13.6. The van der Waals surface area contributed by atoms with Crippen LogP contribution in [-0.2, 0) is 5.41 Å². The molecule has 0 bridgehead atoms. The third-order valence-electron chi connectivity index (χ3n) is 15.7. The first-order chi connectivity index (χ1) is 29.7. The lowest BCUT2D eigenvalue weighted by Crippen LogP contribution is -2.88. The standard InChI is InChI=1S/C54H35N3O2S/c1-2-8-30(9-3-1)50-55-51(31-16-14-29(15-17-31)32-18-21-38-37-10-4-5-11-41(37)58-43(38)25-32)57-52(56-50)33-19-20-36-39-22-23-45-49(59-42-12-6-7-13-44(42)60-45)48(39)54(40(36)24-33)46-27-34-26-35-28-47(54)53(34,35)46/h1-25,34-35,46-47H,26-28H2. The van der Waals surface area contributed by atoms with Crippen molar-refractivity contribution >= 4 is 33.7 Å². The van der Waals surface area contributed by atoms with E-state index in [0.29, 0.717) is 34.7 Å². The molecule has 15 rings (SSSR count). The number of nitrogens with zero attached hydrogens (tertiary/aromatic N) is 3. The van der Waals surface area contributed by atoms with E-state index in [9.17, 15) is 0 Å². The summed E-state index contributed by atoms with van der Waals surface area (Å²) in [7, 11) is 0. The van der Waals surface area contributed by atoms with E-state index in [0.717, 1.165) is 73.1 Å². The van der Waals surface area contributed by atoms with E-state index in [1.54, 1.807) is 0 Å². The molecule has 6 heteroatoms. The fourth-order valence-corrected chi connectivity index (χ4v) is 14.3. The van der Waals surface area contributed by atoms with Crippen molar-refractivity contribution < 1.29 is 9.15 Å². The van der Waals surface area contributed by atoms with Crippen LogP contribution in [0.15, 0.2) is 166 Å². The molecule has 7 aromatic carbocycles. The number of benzene rings is 7. The van der Waals surface area contributed by atoms with Gasteiger partial charge in [-0.15, -0.1) is 0 Å². The molecule has 6 aliphatic rings. The van der Waals surface area contributed by atoms with Gasteiger partial charge in [0.15, 0.2) is 17.5 Å². The first kappa shape index (κ1) is 32.4. The van der Waals surface area contributed by atoms with Gasteiger partial charge in [0.1, 0.15) is 22.7 Å². The lowest BCUT2D eigenvalue weighted by Gasteiger charge is -2.92. The van der Waals surface area contributed by atoms with Crippen molar-refractivity contribution in [3.05, 3.63) is 163 Å². The molecule has 4 atom stereocenters. The molecule has 5 aliphatic carbocycles. The molecule has 284 valence electrons. The molecule has 4 unspecified atom stereocenters. The van der Waals surface area contributed by atoms with Crippen LogP contribution < -0.4 is 4.74 Å². The number of fused-ring (bicyclic) bond motifs is 13. The lowest BCUT2D eigenvalue weighted by atomic mass is 9.11. The zero-order chi connectivity index (χ0) is 38.9. The Morgan fingerprint density at radius 1 is 0.500 bits per heavy atom. The third kappa shape index (κ3) is 3.86. The SMILES string of the molecule is c1ccc(-c2nc(-c3ccc(-c4ccc5c(c4)oc4ccccc45)cc3)nc(-c3ccc4c(c3)C3(c5c-4ccc4c5Oc5ccccc5S4)C4CC5CC6CC3C564)n2)cc1. The maximum absolute atomic E-state index is 6.99. The van der Waals surface area contributed by atoms with Crippen LogP contribution in [0.5, 0.6) is 11.5 Å². The largest absolute Gasteiger partial charge is 0.456 e. The predicted molar refractivity (Wildman–Crippen MR) is 236 cm³/mol. The van der Waals surface area contributed by atoms with Crippen LogP contribution in [0.3, 0.4) is 0 Å².